The first kappa shape index (κ1) is 18.6. The Balaban J connectivity index is 0.000000284. The topological polar surface area (TPSA) is 93.3 Å². The molecule has 2 aromatic rings. The molecule has 0 aliphatic heterocycles. The summed E-state index contributed by atoms with van der Waals surface area (Å²) in [6, 6.07) is 9.72. The number of H-pyrrole nitrogens is 1. The van der Waals surface area contributed by atoms with Crippen LogP contribution in [0.2, 0.25) is 0 Å². The second kappa shape index (κ2) is 7.70. The van der Waals surface area contributed by atoms with Gasteiger partial charge in [-0.15, -0.1) is 0 Å². The van der Waals surface area contributed by atoms with Crippen molar-refractivity contribution in [3.05, 3.63) is 60.7 Å². The first-order valence-electron chi connectivity index (χ1n) is 5.95. The van der Waals surface area contributed by atoms with Crippen LogP contribution < -0.4 is 4.98 Å². The third-order valence-corrected chi connectivity index (χ3v) is 2.87. The first-order valence-corrected chi connectivity index (χ1v) is 7.36. The van der Waals surface area contributed by atoms with Gasteiger partial charge in [0.25, 0.3) is 0 Å². The number of carbonyl (C=O) groups excluding carboxylic acids is 1. The highest BCUT2D eigenvalue weighted by Gasteiger charge is 2.36. The minimum absolute atomic E-state index is 0.0693. The summed E-state index contributed by atoms with van der Waals surface area (Å²) < 4.78 is 60.4. The second-order valence-electron chi connectivity index (χ2n) is 4.00. The molecule has 0 bridgehead atoms. The zero-order valence-corrected chi connectivity index (χ0v) is 12.2. The van der Waals surface area contributed by atoms with Crippen molar-refractivity contribution >= 4 is 22.1 Å². The Bertz CT molecular complexity index is 754. The lowest BCUT2D eigenvalue weighted by molar-refractivity contribution is -0.376. The van der Waals surface area contributed by atoms with E-state index in [1.54, 1.807) is 30.9 Å². The number of hydrogen-bond acceptors (Lipinski definition) is 4. The number of nitrogens with zero attached hydrogens (tertiary/aromatic N) is 1. The molecule has 23 heavy (non-hydrogen) atoms. The van der Waals surface area contributed by atoms with Gasteiger partial charge in [-0.25, -0.2) is 18.2 Å². The van der Waals surface area contributed by atoms with Crippen LogP contribution in [0.4, 0.5) is 13.2 Å². The number of hydrogen-bond donors (Lipinski definition) is 0. The molecule has 1 aromatic carbocycles. The standard InChI is InChI=1S/C12H10N2O.CHF3O3S/c15-12(14-9-8-13-10-14)7-6-11-4-2-1-3-5-11;2-1(3,4)8(5,6)7/h1-10H;(H,5,6,7). The monoisotopic (exact) mass is 348 g/mol. The van der Waals surface area contributed by atoms with E-state index in [-0.39, 0.29) is 5.91 Å². The van der Waals surface area contributed by atoms with Crippen LogP contribution in [0.5, 0.6) is 0 Å². The third kappa shape index (κ3) is 6.45. The molecular formula is C13H11F3N2O4S. The summed E-state index contributed by atoms with van der Waals surface area (Å²) in [5.74, 6) is -0.0693. The molecule has 0 saturated carbocycles. The van der Waals surface area contributed by atoms with Crippen molar-refractivity contribution in [2.24, 2.45) is 0 Å². The Labute approximate surface area is 129 Å². The van der Waals surface area contributed by atoms with Gasteiger partial charge >= 0.3 is 11.4 Å². The fraction of sp³-hybridized carbons (Fsp3) is 0.0769. The lowest BCUT2D eigenvalue weighted by Gasteiger charge is -2.08. The Morgan fingerprint density at radius 1 is 1.22 bits per heavy atom. The molecule has 1 N–H and O–H groups in total. The van der Waals surface area contributed by atoms with Crippen LogP contribution in [0.25, 0.3) is 6.08 Å². The van der Waals surface area contributed by atoms with Gasteiger partial charge in [0, 0.05) is 6.08 Å². The van der Waals surface area contributed by atoms with Gasteiger partial charge in [0.05, 0.1) is 0 Å². The van der Waals surface area contributed by atoms with Crippen molar-refractivity contribution in [2.75, 3.05) is 0 Å². The van der Waals surface area contributed by atoms with Gasteiger partial charge in [-0.1, -0.05) is 30.3 Å². The molecule has 124 valence electrons. The van der Waals surface area contributed by atoms with Crippen LogP contribution in [0, 0.1) is 0 Å². The highest BCUT2D eigenvalue weighted by atomic mass is 32.2. The van der Waals surface area contributed by atoms with Gasteiger partial charge in [-0.05, 0) is 11.6 Å². The van der Waals surface area contributed by atoms with Crippen LogP contribution in [-0.4, -0.2) is 29.0 Å². The molecule has 0 radical (unpaired) electrons. The molecule has 0 saturated heterocycles. The predicted molar refractivity (Wildman–Crippen MR) is 72.8 cm³/mol. The number of aromatic amines is 1. The van der Waals surface area contributed by atoms with E-state index in [0.717, 1.165) is 5.56 Å². The molecule has 0 amide bonds. The molecule has 2 rings (SSSR count). The maximum Gasteiger partial charge on any atom is 0.485 e. The number of halogens is 3. The maximum atomic E-state index is 11.5. The molecule has 10 heteroatoms. The van der Waals surface area contributed by atoms with Crippen LogP contribution in [0.3, 0.4) is 0 Å². The number of imidazole rings is 1. The largest absolute Gasteiger partial charge is 0.741 e. The summed E-state index contributed by atoms with van der Waals surface area (Å²) in [5.41, 5.74) is -4.63. The molecule has 0 aliphatic rings. The number of allylic oxidation sites excluding steroid dienone is 1. The Morgan fingerprint density at radius 2 is 1.78 bits per heavy atom. The molecule has 6 nitrogen and oxygen atoms in total. The molecule has 0 unspecified atom stereocenters. The molecule has 1 aromatic heterocycles. The van der Waals surface area contributed by atoms with E-state index in [4.69, 9.17) is 13.0 Å². The number of carbonyl (C=O) groups is 1. The van der Waals surface area contributed by atoms with Gasteiger partial charge in [0.15, 0.2) is 10.1 Å². The van der Waals surface area contributed by atoms with Crippen LogP contribution >= 0.6 is 0 Å². The van der Waals surface area contributed by atoms with E-state index in [2.05, 4.69) is 4.98 Å². The van der Waals surface area contributed by atoms with Gasteiger partial charge in [0.1, 0.15) is 12.4 Å². The number of alkyl halides is 3. The summed E-state index contributed by atoms with van der Waals surface area (Å²) >= 11 is 0. The summed E-state index contributed by atoms with van der Waals surface area (Å²) in [6.45, 7) is 0. The fourth-order valence-electron chi connectivity index (χ4n) is 1.24. The second-order valence-corrected chi connectivity index (χ2v) is 5.37. The molecule has 0 spiro atoms. The van der Waals surface area contributed by atoms with Crippen LogP contribution in [0.15, 0.2) is 55.1 Å². The number of aromatic nitrogens is 2. The maximum absolute atomic E-state index is 11.5. The Hall–Kier alpha value is -2.46. The fourth-order valence-corrected chi connectivity index (χ4v) is 1.24. The lowest BCUT2D eigenvalue weighted by atomic mass is 10.2. The van der Waals surface area contributed by atoms with E-state index >= 15 is 0 Å². The molecular weight excluding hydrogens is 337 g/mol. The zero-order chi connectivity index (χ0) is 17.5. The normalized spacial score (nSPS) is 11.8. The number of benzene rings is 1. The lowest BCUT2D eigenvalue weighted by Crippen LogP contribution is -2.21. The molecule has 0 atom stereocenters. The van der Waals surface area contributed by atoms with Gasteiger partial charge in [-0.3, -0.25) is 0 Å². The average molecular weight is 348 g/mol. The van der Waals surface area contributed by atoms with E-state index in [1.807, 2.05) is 30.3 Å². The third-order valence-electron chi connectivity index (χ3n) is 2.30. The SMILES string of the molecule is O=C(C=Cc1ccccc1)n1cc[nH+]c1.O=S(=O)([O-])C(F)(F)F. The van der Waals surface area contributed by atoms with Gasteiger partial charge < -0.3 is 4.55 Å². The van der Waals surface area contributed by atoms with Crippen molar-refractivity contribution < 1.29 is 35.9 Å². The summed E-state index contributed by atoms with van der Waals surface area (Å²) in [6.07, 6.45) is 8.33. The van der Waals surface area contributed by atoms with Crippen molar-refractivity contribution in [1.82, 2.24) is 4.57 Å². The molecule has 0 aliphatic carbocycles. The highest BCUT2D eigenvalue weighted by Crippen LogP contribution is 2.20. The molecule has 1 heterocycles. The van der Waals surface area contributed by atoms with Gasteiger partial charge in [-0.2, -0.15) is 17.7 Å². The van der Waals surface area contributed by atoms with Crippen LogP contribution in [-0.2, 0) is 10.1 Å². The average Bonchev–Trinajstić information content (AvgIpc) is 2.98. The smallest absolute Gasteiger partial charge is 0.485 e. The van der Waals surface area contributed by atoms with E-state index in [9.17, 15) is 18.0 Å². The van der Waals surface area contributed by atoms with Crippen molar-refractivity contribution in [3.63, 3.8) is 0 Å². The minimum Gasteiger partial charge on any atom is -0.741 e. The summed E-state index contributed by atoms with van der Waals surface area (Å²) in [7, 11) is -6.09. The number of rotatable bonds is 2. The predicted octanol–water partition coefficient (Wildman–Crippen LogP) is 1.71. The summed E-state index contributed by atoms with van der Waals surface area (Å²) in [4.78, 5) is 14.4. The highest BCUT2D eigenvalue weighted by molar-refractivity contribution is 7.86. The zero-order valence-electron chi connectivity index (χ0n) is 11.4. The number of nitrogens with one attached hydrogen (secondary N) is 1. The Kier molecular flexibility index (Phi) is 6.22. The Morgan fingerprint density at radius 3 is 2.22 bits per heavy atom. The molecule has 0 fully saturated rings. The van der Waals surface area contributed by atoms with E-state index in [1.165, 1.54) is 4.57 Å². The van der Waals surface area contributed by atoms with Crippen LogP contribution in [0.1, 0.15) is 10.4 Å². The van der Waals surface area contributed by atoms with Crippen molar-refractivity contribution in [2.45, 2.75) is 5.51 Å². The quantitative estimate of drug-likeness (QED) is 0.469. The van der Waals surface area contributed by atoms with Crippen molar-refractivity contribution in [3.8, 4) is 0 Å². The van der Waals surface area contributed by atoms with Crippen molar-refractivity contribution in [1.29, 1.82) is 0 Å². The minimum atomic E-state index is -6.09. The van der Waals surface area contributed by atoms with E-state index in [0.29, 0.717) is 0 Å². The first-order chi connectivity index (χ1) is 10.6. The van der Waals surface area contributed by atoms with Gasteiger partial charge in [0.2, 0.25) is 6.33 Å². The summed E-state index contributed by atoms with van der Waals surface area (Å²) in [5, 5.41) is 0. The van der Waals surface area contributed by atoms with E-state index < -0.39 is 15.6 Å².